The van der Waals surface area contributed by atoms with Crippen LogP contribution in [0.15, 0.2) is 23.7 Å². The van der Waals surface area contributed by atoms with E-state index in [4.69, 9.17) is 9.47 Å². The van der Waals surface area contributed by atoms with Gasteiger partial charge in [-0.3, -0.25) is 0 Å². The third-order valence-electron chi connectivity index (χ3n) is 7.40. The highest BCUT2D eigenvalue weighted by Gasteiger charge is 2.47. The number of amides is 3. The minimum Gasteiger partial charge on any atom is -0.481 e. The van der Waals surface area contributed by atoms with E-state index >= 15 is 0 Å². The van der Waals surface area contributed by atoms with Crippen LogP contribution < -0.4 is 15.5 Å². The molecule has 3 amide bonds. The summed E-state index contributed by atoms with van der Waals surface area (Å²) in [6.45, 7) is 5.74. The largest absolute Gasteiger partial charge is 0.481 e. The first-order valence-electron chi connectivity index (χ1n) is 12.4. The lowest BCUT2D eigenvalue weighted by atomic mass is 9.72. The van der Waals surface area contributed by atoms with Crippen molar-refractivity contribution < 1.29 is 19.1 Å². The van der Waals surface area contributed by atoms with Crippen LogP contribution in [0.2, 0.25) is 0 Å². The third-order valence-corrected chi connectivity index (χ3v) is 7.40. The molecule has 1 spiro atoms. The summed E-state index contributed by atoms with van der Waals surface area (Å²) in [4.78, 5) is 35.3. The normalized spacial score (nSPS) is 24.3. The van der Waals surface area contributed by atoms with E-state index in [1.807, 2.05) is 24.6 Å². The van der Waals surface area contributed by atoms with Crippen molar-refractivity contribution in [3.63, 3.8) is 0 Å². The molecule has 1 atom stereocenters. The monoisotopic (exact) mass is 496 g/mol. The lowest BCUT2D eigenvalue weighted by molar-refractivity contribution is 0.0154. The van der Waals surface area contributed by atoms with E-state index in [1.54, 1.807) is 18.2 Å². The summed E-state index contributed by atoms with van der Waals surface area (Å²) in [6, 6.07) is 1.80. The number of urea groups is 1. The Balaban J connectivity index is 1.19. The molecule has 2 aromatic rings. The van der Waals surface area contributed by atoms with E-state index in [-0.39, 0.29) is 12.1 Å². The first kappa shape index (κ1) is 24.0. The number of aryl methyl sites for hydroxylation is 1. The Bertz CT molecular complexity index is 1170. The number of hydrogen-bond donors (Lipinski definition) is 2. The highest BCUT2D eigenvalue weighted by Crippen LogP contribution is 2.41. The number of hydrazone groups is 1. The molecule has 0 unspecified atom stereocenters. The van der Waals surface area contributed by atoms with Crippen LogP contribution in [0, 0.1) is 12.8 Å². The van der Waals surface area contributed by atoms with Crippen molar-refractivity contribution in [3.8, 4) is 5.88 Å². The first-order chi connectivity index (χ1) is 17.4. The van der Waals surface area contributed by atoms with Gasteiger partial charge >= 0.3 is 12.1 Å². The van der Waals surface area contributed by atoms with Gasteiger partial charge in [0.25, 0.3) is 0 Å². The van der Waals surface area contributed by atoms with E-state index < -0.39 is 11.7 Å². The SMILES string of the molecule is COc1cc(C)c(C2=NNC(=O)OC23CCC(C[C@H](C)NC(=O)N2CCn4ncnc4C2)CC3)cn1. The van der Waals surface area contributed by atoms with Gasteiger partial charge in [0.1, 0.15) is 17.9 Å². The fraction of sp³-hybridized carbons (Fsp3) is 0.583. The van der Waals surface area contributed by atoms with E-state index in [0.717, 1.165) is 36.2 Å². The third kappa shape index (κ3) is 4.71. The van der Waals surface area contributed by atoms with Gasteiger partial charge in [-0.1, -0.05) is 0 Å². The average Bonchev–Trinajstić information content (AvgIpc) is 3.34. The van der Waals surface area contributed by atoms with Crippen molar-refractivity contribution in [2.24, 2.45) is 11.0 Å². The minimum absolute atomic E-state index is 0.0214. The van der Waals surface area contributed by atoms with Crippen molar-refractivity contribution in [2.75, 3.05) is 13.7 Å². The number of nitrogens with one attached hydrogen (secondary N) is 2. The zero-order valence-electron chi connectivity index (χ0n) is 20.9. The second-order valence-electron chi connectivity index (χ2n) is 9.85. The first-order valence-corrected chi connectivity index (χ1v) is 12.4. The number of pyridine rings is 1. The van der Waals surface area contributed by atoms with Crippen molar-refractivity contribution in [2.45, 2.75) is 70.7 Å². The van der Waals surface area contributed by atoms with E-state index in [2.05, 4.69) is 30.9 Å². The summed E-state index contributed by atoms with van der Waals surface area (Å²) in [7, 11) is 1.58. The maximum atomic E-state index is 12.8. The van der Waals surface area contributed by atoms with E-state index in [0.29, 0.717) is 50.0 Å². The molecule has 0 radical (unpaired) electrons. The number of fused-ring (bicyclic) bond motifs is 1. The number of carbonyl (C=O) groups excluding carboxylic acids is 2. The van der Waals surface area contributed by atoms with Crippen LogP contribution >= 0.6 is 0 Å². The summed E-state index contributed by atoms with van der Waals surface area (Å²) in [6.07, 6.45) is 6.63. The molecule has 1 saturated carbocycles. The van der Waals surface area contributed by atoms with Gasteiger partial charge in [0.2, 0.25) is 5.88 Å². The average molecular weight is 497 g/mol. The molecule has 3 aliphatic rings. The Hall–Kier alpha value is -3.70. The molecule has 2 N–H and O–H groups in total. The molecule has 0 bridgehead atoms. The smallest absolute Gasteiger partial charge is 0.428 e. The maximum Gasteiger partial charge on any atom is 0.428 e. The fourth-order valence-electron chi connectivity index (χ4n) is 5.46. The van der Waals surface area contributed by atoms with E-state index in [1.165, 1.54) is 6.33 Å². The Morgan fingerprint density at radius 3 is 2.89 bits per heavy atom. The van der Waals surface area contributed by atoms with Gasteiger partial charge in [-0.2, -0.15) is 10.2 Å². The number of carbonyl (C=O) groups is 2. The molecule has 0 aromatic carbocycles. The standard InChI is InChI=1S/C24H32N8O4/c1-15-10-20(35-3)25-12-18(15)21-24(36-23(34)30-29-21)6-4-17(5-7-24)11-16(2)28-22(33)31-8-9-32-19(13-31)26-14-27-32/h10,12,14,16-17H,4-9,11,13H2,1-3H3,(H,28,33)(H,30,34)/t16-,17?,24?/m0/s1. The molecule has 0 saturated heterocycles. The van der Waals surface area contributed by atoms with E-state index in [9.17, 15) is 9.59 Å². The highest BCUT2D eigenvalue weighted by molar-refractivity contribution is 6.09. The Morgan fingerprint density at radius 1 is 1.33 bits per heavy atom. The number of hydrogen-bond acceptors (Lipinski definition) is 8. The van der Waals surface area contributed by atoms with Crippen LogP contribution in [-0.2, 0) is 17.8 Å². The van der Waals surface area contributed by atoms with Gasteiger partial charge in [-0.25, -0.2) is 29.7 Å². The van der Waals surface area contributed by atoms with Crippen LogP contribution in [-0.4, -0.2) is 67.8 Å². The van der Waals surface area contributed by atoms with Crippen molar-refractivity contribution in [1.82, 2.24) is 35.4 Å². The number of methoxy groups -OCH3 is 1. The highest BCUT2D eigenvalue weighted by atomic mass is 16.6. The van der Waals surface area contributed by atoms with Crippen LogP contribution in [0.3, 0.4) is 0 Å². The number of aromatic nitrogens is 4. The summed E-state index contributed by atoms with van der Waals surface area (Å²) in [5.74, 6) is 1.73. The molecular weight excluding hydrogens is 464 g/mol. The molecule has 36 heavy (non-hydrogen) atoms. The molecule has 1 fully saturated rings. The van der Waals surface area contributed by atoms with Crippen molar-refractivity contribution in [1.29, 1.82) is 0 Å². The maximum absolute atomic E-state index is 12.8. The molecule has 192 valence electrons. The van der Waals surface area contributed by atoms with Gasteiger partial charge in [0, 0.05) is 30.4 Å². The predicted molar refractivity (Wildman–Crippen MR) is 129 cm³/mol. The molecule has 5 rings (SSSR count). The van der Waals surface area contributed by atoms with Gasteiger partial charge in [-0.15, -0.1) is 0 Å². The number of rotatable bonds is 5. The Kier molecular flexibility index (Phi) is 6.50. The summed E-state index contributed by atoms with van der Waals surface area (Å²) >= 11 is 0. The van der Waals surface area contributed by atoms with Gasteiger partial charge in [0.05, 0.1) is 20.2 Å². The lowest BCUT2D eigenvalue weighted by Gasteiger charge is -2.42. The molecule has 2 aliphatic heterocycles. The summed E-state index contributed by atoms with van der Waals surface area (Å²) < 4.78 is 12.9. The Labute approximate surface area is 209 Å². The molecule has 4 heterocycles. The number of ether oxygens (including phenoxy) is 2. The van der Waals surface area contributed by atoms with Gasteiger partial charge < -0.3 is 19.7 Å². The Morgan fingerprint density at radius 2 is 2.14 bits per heavy atom. The molecule has 12 heteroatoms. The topological polar surface area (TPSA) is 136 Å². The second kappa shape index (κ2) is 9.75. The second-order valence-corrected chi connectivity index (χ2v) is 9.85. The quantitative estimate of drug-likeness (QED) is 0.649. The molecular formula is C24H32N8O4. The fourth-order valence-corrected chi connectivity index (χ4v) is 5.46. The van der Waals surface area contributed by atoms with Gasteiger partial charge in [-0.05, 0) is 57.4 Å². The predicted octanol–water partition coefficient (Wildman–Crippen LogP) is 2.37. The van der Waals surface area contributed by atoms with Crippen LogP contribution in [0.5, 0.6) is 5.88 Å². The van der Waals surface area contributed by atoms with Crippen LogP contribution in [0.25, 0.3) is 0 Å². The molecule has 1 aliphatic carbocycles. The summed E-state index contributed by atoms with van der Waals surface area (Å²) in [5, 5.41) is 11.7. The van der Waals surface area contributed by atoms with Crippen LogP contribution in [0.4, 0.5) is 9.59 Å². The lowest BCUT2D eigenvalue weighted by Crippen LogP contribution is -2.53. The van der Waals surface area contributed by atoms with Crippen molar-refractivity contribution in [3.05, 3.63) is 35.5 Å². The zero-order valence-corrected chi connectivity index (χ0v) is 20.9. The molecule has 2 aromatic heterocycles. The molecule has 12 nitrogen and oxygen atoms in total. The van der Waals surface area contributed by atoms with Crippen LogP contribution in [0.1, 0.15) is 56.0 Å². The number of nitrogens with zero attached hydrogens (tertiary/aromatic N) is 6. The minimum atomic E-state index is -0.782. The van der Waals surface area contributed by atoms with Gasteiger partial charge in [0.15, 0.2) is 5.60 Å². The zero-order chi connectivity index (χ0) is 25.3. The summed E-state index contributed by atoms with van der Waals surface area (Å²) in [5.41, 5.74) is 4.18. The van der Waals surface area contributed by atoms with Crippen molar-refractivity contribution >= 4 is 17.8 Å².